The number of nitrogens with zero attached hydrogens (tertiary/aromatic N) is 1. The van der Waals surface area contributed by atoms with Crippen LogP contribution in [0.1, 0.15) is 12.5 Å². The van der Waals surface area contributed by atoms with Crippen molar-refractivity contribution in [3.05, 3.63) is 42.1 Å². The molecule has 4 nitrogen and oxygen atoms in total. The van der Waals surface area contributed by atoms with E-state index >= 15 is 0 Å². The van der Waals surface area contributed by atoms with E-state index in [9.17, 15) is 5.11 Å². The molecule has 0 saturated heterocycles. The summed E-state index contributed by atoms with van der Waals surface area (Å²) >= 11 is 0. The second kappa shape index (κ2) is 6.10. The minimum Gasteiger partial charge on any atom is -0.384 e. The summed E-state index contributed by atoms with van der Waals surface area (Å²) in [6.07, 6.45) is 1.75. The van der Waals surface area contributed by atoms with Crippen LogP contribution in [-0.2, 0) is 10.3 Å². The molecule has 19 heavy (non-hydrogen) atoms. The zero-order valence-electron chi connectivity index (χ0n) is 11.4. The number of hydrogen-bond donors (Lipinski definition) is 2. The summed E-state index contributed by atoms with van der Waals surface area (Å²) in [7, 11) is 1.66. The third-order valence-electron chi connectivity index (χ3n) is 3.17. The quantitative estimate of drug-likeness (QED) is 0.776. The van der Waals surface area contributed by atoms with E-state index in [2.05, 4.69) is 10.3 Å². The lowest BCUT2D eigenvalue weighted by molar-refractivity contribution is 0.0563. The number of fused-ring (bicyclic) bond motifs is 1. The van der Waals surface area contributed by atoms with Crippen LogP contribution < -0.4 is 5.32 Å². The molecular weight excluding hydrogens is 240 g/mol. The molecule has 2 aromatic rings. The number of hydrogen-bond acceptors (Lipinski definition) is 4. The van der Waals surface area contributed by atoms with E-state index in [1.54, 1.807) is 20.2 Å². The fraction of sp³-hybridized carbons (Fsp3) is 0.400. The van der Waals surface area contributed by atoms with Gasteiger partial charge in [-0.3, -0.25) is 4.98 Å². The molecule has 1 aromatic heterocycles. The maximum atomic E-state index is 10.6. The van der Waals surface area contributed by atoms with Crippen molar-refractivity contribution in [3.8, 4) is 0 Å². The van der Waals surface area contributed by atoms with Gasteiger partial charge in [-0.25, -0.2) is 0 Å². The summed E-state index contributed by atoms with van der Waals surface area (Å²) in [6, 6.07) is 9.77. The van der Waals surface area contributed by atoms with Gasteiger partial charge in [0.1, 0.15) is 5.60 Å². The van der Waals surface area contributed by atoms with Gasteiger partial charge in [0, 0.05) is 37.3 Å². The van der Waals surface area contributed by atoms with Gasteiger partial charge in [0.05, 0.1) is 12.1 Å². The summed E-state index contributed by atoms with van der Waals surface area (Å²) in [5.74, 6) is 0. The third kappa shape index (κ3) is 3.29. The lowest BCUT2D eigenvalue weighted by atomic mass is 9.93. The van der Waals surface area contributed by atoms with Crippen molar-refractivity contribution in [1.29, 1.82) is 0 Å². The number of methoxy groups -OCH3 is 1. The molecule has 0 fully saturated rings. The van der Waals surface area contributed by atoms with Crippen LogP contribution in [0.2, 0.25) is 0 Å². The highest BCUT2D eigenvalue weighted by molar-refractivity contribution is 5.82. The second-order valence-corrected chi connectivity index (χ2v) is 4.82. The maximum Gasteiger partial charge on any atom is 0.101 e. The molecule has 2 rings (SSSR count). The van der Waals surface area contributed by atoms with Gasteiger partial charge >= 0.3 is 0 Å². The predicted molar refractivity (Wildman–Crippen MR) is 76.1 cm³/mol. The lowest BCUT2D eigenvalue weighted by Gasteiger charge is -2.25. The molecule has 0 bridgehead atoms. The number of aliphatic hydroxyl groups is 1. The molecule has 4 heteroatoms. The van der Waals surface area contributed by atoms with Crippen LogP contribution in [0.5, 0.6) is 0 Å². The third-order valence-corrected chi connectivity index (χ3v) is 3.17. The van der Waals surface area contributed by atoms with Crippen LogP contribution in [0, 0.1) is 0 Å². The Morgan fingerprint density at radius 1 is 1.32 bits per heavy atom. The Morgan fingerprint density at radius 2 is 2.11 bits per heavy atom. The van der Waals surface area contributed by atoms with Gasteiger partial charge in [-0.05, 0) is 13.0 Å². The van der Waals surface area contributed by atoms with Crippen molar-refractivity contribution in [1.82, 2.24) is 10.3 Å². The van der Waals surface area contributed by atoms with Gasteiger partial charge in [0.2, 0.25) is 0 Å². The van der Waals surface area contributed by atoms with Gasteiger partial charge in [-0.1, -0.05) is 24.3 Å². The number of para-hydroxylation sites is 1. The lowest BCUT2D eigenvalue weighted by Crippen LogP contribution is -2.37. The normalized spacial score (nSPS) is 14.5. The number of pyridine rings is 1. The minimum atomic E-state index is -0.957. The molecule has 1 aromatic carbocycles. The Bertz CT molecular complexity index is 535. The average molecular weight is 260 g/mol. The van der Waals surface area contributed by atoms with Crippen LogP contribution in [-0.4, -0.2) is 36.9 Å². The Kier molecular flexibility index (Phi) is 4.47. The first-order valence-electron chi connectivity index (χ1n) is 6.41. The molecule has 0 aliphatic carbocycles. The van der Waals surface area contributed by atoms with E-state index < -0.39 is 5.60 Å². The van der Waals surface area contributed by atoms with Crippen LogP contribution in [0.4, 0.5) is 0 Å². The van der Waals surface area contributed by atoms with E-state index in [1.165, 1.54) is 0 Å². The van der Waals surface area contributed by atoms with Crippen molar-refractivity contribution in [2.24, 2.45) is 0 Å². The Hall–Kier alpha value is -1.49. The fourth-order valence-electron chi connectivity index (χ4n) is 2.14. The molecule has 0 amide bonds. The summed E-state index contributed by atoms with van der Waals surface area (Å²) in [5.41, 5.74) is 0.737. The van der Waals surface area contributed by atoms with Gasteiger partial charge in [0.25, 0.3) is 0 Å². The topological polar surface area (TPSA) is 54.4 Å². The monoisotopic (exact) mass is 260 g/mol. The zero-order valence-corrected chi connectivity index (χ0v) is 11.4. The molecule has 0 aliphatic heterocycles. The first-order valence-corrected chi connectivity index (χ1v) is 6.41. The van der Waals surface area contributed by atoms with E-state index in [1.807, 2.05) is 30.3 Å². The van der Waals surface area contributed by atoms with Crippen molar-refractivity contribution in [3.63, 3.8) is 0 Å². The van der Waals surface area contributed by atoms with Gasteiger partial charge in [0.15, 0.2) is 0 Å². The Morgan fingerprint density at radius 3 is 2.89 bits per heavy atom. The smallest absolute Gasteiger partial charge is 0.101 e. The van der Waals surface area contributed by atoms with Crippen molar-refractivity contribution in [2.75, 3.05) is 26.8 Å². The molecule has 0 aliphatic rings. The summed E-state index contributed by atoms with van der Waals surface area (Å²) < 4.78 is 4.98. The van der Waals surface area contributed by atoms with Crippen molar-refractivity contribution < 1.29 is 9.84 Å². The molecule has 1 heterocycles. The molecule has 0 saturated carbocycles. The number of benzene rings is 1. The van der Waals surface area contributed by atoms with Crippen LogP contribution in [0.3, 0.4) is 0 Å². The summed E-state index contributed by atoms with van der Waals surface area (Å²) in [6.45, 7) is 3.61. The van der Waals surface area contributed by atoms with Crippen LogP contribution in [0.25, 0.3) is 10.9 Å². The SMILES string of the molecule is COCCNCC(C)(O)c1cccc2cccnc12. The number of aromatic nitrogens is 1. The highest BCUT2D eigenvalue weighted by Gasteiger charge is 2.25. The van der Waals surface area contributed by atoms with Crippen molar-refractivity contribution >= 4 is 10.9 Å². The Balaban J connectivity index is 2.22. The Labute approximate surface area is 113 Å². The van der Waals surface area contributed by atoms with Gasteiger partial charge in [-0.2, -0.15) is 0 Å². The van der Waals surface area contributed by atoms with E-state index in [0.717, 1.165) is 16.5 Å². The standard InChI is InChI=1S/C15H20N2O2/c1-15(18,11-16-9-10-19-2)13-7-3-5-12-6-4-8-17-14(12)13/h3-8,16,18H,9-11H2,1-2H3. The van der Waals surface area contributed by atoms with Gasteiger partial charge < -0.3 is 15.2 Å². The summed E-state index contributed by atoms with van der Waals surface area (Å²) in [5, 5.41) is 14.9. The number of nitrogens with one attached hydrogen (secondary N) is 1. The maximum absolute atomic E-state index is 10.6. The van der Waals surface area contributed by atoms with E-state index in [0.29, 0.717) is 19.7 Å². The highest BCUT2D eigenvalue weighted by Crippen LogP contribution is 2.26. The molecule has 1 unspecified atom stereocenters. The molecule has 1 atom stereocenters. The fourth-order valence-corrected chi connectivity index (χ4v) is 2.14. The average Bonchev–Trinajstić information content (AvgIpc) is 2.43. The second-order valence-electron chi connectivity index (χ2n) is 4.82. The molecule has 0 radical (unpaired) electrons. The van der Waals surface area contributed by atoms with E-state index in [4.69, 9.17) is 4.74 Å². The van der Waals surface area contributed by atoms with Gasteiger partial charge in [-0.15, -0.1) is 0 Å². The predicted octanol–water partition coefficient (Wildman–Crippen LogP) is 1.68. The summed E-state index contributed by atoms with van der Waals surface area (Å²) in [4.78, 5) is 4.38. The van der Waals surface area contributed by atoms with Crippen LogP contribution in [0.15, 0.2) is 36.5 Å². The molecular formula is C15H20N2O2. The number of ether oxygens (including phenoxy) is 1. The minimum absolute atomic E-state index is 0.464. The van der Waals surface area contributed by atoms with Crippen LogP contribution >= 0.6 is 0 Å². The number of rotatable bonds is 6. The molecule has 0 spiro atoms. The highest BCUT2D eigenvalue weighted by atomic mass is 16.5. The van der Waals surface area contributed by atoms with E-state index in [-0.39, 0.29) is 0 Å². The largest absolute Gasteiger partial charge is 0.384 e. The first-order chi connectivity index (χ1) is 9.15. The molecule has 2 N–H and O–H groups in total. The van der Waals surface area contributed by atoms with Crippen molar-refractivity contribution in [2.45, 2.75) is 12.5 Å². The zero-order chi connectivity index (χ0) is 13.7. The first kappa shape index (κ1) is 13.9. The molecule has 102 valence electrons.